The summed E-state index contributed by atoms with van der Waals surface area (Å²) in [4.78, 5) is 22.9. The predicted octanol–water partition coefficient (Wildman–Crippen LogP) is 0.961. The number of carbonyl (C=O) groups is 2. The van der Waals surface area contributed by atoms with Gasteiger partial charge in [-0.25, -0.2) is 0 Å². The standard InChI is InChI=1S/C12H20N2O2/c15-11-7-6-9(8-13-11)12(16)14-10-4-2-1-3-5-10/h9-10H,1-8H2,(H,13,15)(H,14,16). The first kappa shape index (κ1) is 11.4. The summed E-state index contributed by atoms with van der Waals surface area (Å²) < 4.78 is 0. The molecule has 1 unspecified atom stereocenters. The molecule has 2 fully saturated rings. The van der Waals surface area contributed by atoms with Crippen LogP contribution >= 0.6 is 0 Å². The zero-order valence-electron chi connectivity index (χ0n) is 9.63. The van der Waals surface area contributed by atoms with Gasteiger partial charge in [0.15, 0.2) is 0 Å². The Balaban J connectivity index is 1.76. The molecule has 0 radical (unpaired) electrons. The van der Waals surface area contributed by atoms with Crippen LogP contribution in [-0.4, -0.2) is 24.4 Å². The molecule has 1 heterocycles. The van der Waals surface area contributed by atoms with Gasteiger partial charge in [0.1, 0.15) is 0 Å². The molecule has 1 saturated carbocycles. The van der Waals surface area contributed by atoms with E-state index in [1.54, 1.807) is 0 Å². The molecule has 1 aliphatic carbocycles. The Labute approximate surface area is 96.2 Å². The molecule has 0 spiro atoms. The van der Waals surface area contributed by atoms with Crippen LogP contribution in [0.25, 0.3) is 0 Å². The second-order valence-electron chi connectivity index (χ2n) is 4.88. The van der Waals surface area contributed by atoms with Crippen molar-refractivity contribution in [2.45, 2.75) is 51.0 Å². The molecule has 0 aromatic carbocycles. The minimum atomic E-state index is -0.0142. The van der Waals surface area contributed by atoms with E-state index in [2.05, 4.69) is 10.6 Å². The summed E-state index contributed by atoms with van der Waals surface area (Å²) in [6, 6.07) is 0.374. The molecule has 0 aromatic heterocycles. The summed E-state index contributed by atoms with van der Waals surface area (Å²) in [5.41, 5.74) is 0. The van der Waals surface area contributed by atoms with E-state index in [9.17, 15) is 9.59 Å². The summed E-state index contributed by atoms with van der Waals surface area (Å²) in [5, 5.41) is 5.86. The van der Waals surface area contributed by atoms with Gasteiger partial charge in [-0.3, -0.25) is 9.59 Å². The van der Waals surface area contributed by atoms with Gasteiger partial charge in [0.25, 0.3) is 0 Å². The second-order valence-corrected chi connectivity index (χ2v) is 4.88. The fourth-order valence-corrected chi connectivity index (χ4v) is 2.52. The minimum absolute atomic E-state index is 0.0142. The quantitative estimate of drug-likeness (QED) is 0.734. The Morgan fingerprint density at radius 1 is 1.19 bits per heavy atom. The van der Waals surface area contributed by atoms with Crippen LogP contribution in [0, 0.1) is 5.92 Å². The van der Waals surface area contributed by atoms with E-state index >= 15 is 0 Å². The first-order valence-electron chi connectivity index (χ1n) is 6.33. The lowest BCUT2D eigenvalue weighted by Crippen LogP contribution is -2.46. The molecule has 2 amide bonds. The average Bonchev–Trinajstić information content (AvgIpc) is 2.31. The van der Waals surface area contributed by atoms with Crippen LogP contribution in [0.15, 0.2) is 0 Å². The fourth-order valence-electron chi connectivity index (χ4n) is 2.52. The third-order valence-electron chi connectivity index (χ3n) is 3.59. The summed E-state index contributed by atoms with van der Waals surface area (Å²) >= 11 is 0. The summed E-state index contributed by atoms with van der Waals surface area (Å²) in [6.07, 6.45) is 7.17. The summed E-state index contributed by atoms with van der Waals surface area (Å²) in [7, 11) is 0. The van der Waals surface area contributed by atoms with Crippen molar-refractivity contribution in [3.05, 3.63) is 0 Å². The molecule has 4 nitrogen and oxygen atoms in total. The number of piperidine rings is 1. The Kier molecular flexibility index (Phi) is 3.80. The number of hydrogen-bond donors (Lipinski definition) is 2. The molecule has 1 atom stereocenters. The molecule has 2 N–H and O–H groups in total. The van der Waals surface area contributed by atoms with Crippen LogP contribution in [0.5, 0.6) is 0 Å². The van der Waals surface area contributed by atoms with E-state index in [-0.39, 0.29) is 17.7 Å². The zero-order valence-corrected chi connectivity index (χ0v) is 9.63. The van der Waals surface area contributed by atoms with Gasteiger partial charge in [-0.15, -0.1) is 0 Å². The number of rotatable bonds is 2. The highest BCUT2D eigenvalue weighted by molar-refractivity contribution is 5.83. The van der Waals surface area contributed by atoms with Crippen molar-refractivity contribution in [2.24, 2.45) is 5.92 Å². The number of amides is 2. The molecular formula is C12H20N2O2. The van der Waals surface area contributed by atoms with Gasteiger partial charge >= 0.3 is 0 Å². The Morgan fingerprint density at radius 3 is 2.56 bits per heavy atom. The van der Waals surface area contributed by atoms with Gasteiger partial charge < -0.3 is 10.6 Å². The van der Waals surface area contributed by atoms with Crippen molar-refractivity contribution >= 4 is 11.8 Å². The van der Waals surface area contributed by atoms with Gasteiger partial charge in [-0.1, -0.05) is 19.3 Å². The van der Waals surface area contributed by atoms with Crippen molar-refractivity contribution in [3.63, 3.8) is 0 Å². The first-order valence-corrected chi connectivity index (χ1v) is 6.33. The molecule has 4 heteroatoms. The fraction of sp³-hybridized carbons (Fsp3) is 0.833. The third kappa shape index (κ3) is 2.97. The van der Waals surface area contributed by atoms with E-state index in [1.165, 1.54) is 19.3 Å². The third-order valence-corrected chi connectivity index (χ3v) is 3.59. The van der Waals surface area contributed by atoms with E-state index in [0.29, 0.717) is 25.4 Å². The highest BCUT2D eigenvalue weighted by Gasteiger charge is 2.26. The zero-order chi connectivity index (χ0) is 11.4. The molecule has 0 bridgehead atoms. The lowest BCUT2D eigenvalue weighted by Gasteiger charge is -2.27. The van der Waals surface area contributed by atoms with Crippen LogP contribution in [0.4, 0.5) is 0 Å². The number of hydrogen-bond acceptors (Lipinski definition) is 2. The highest BCUT2D eigenvalue weighted by Crippen LogP contribution is 2.18. The van der Waals surface area contributed by atoms with Crippen LogP contribution in [0.1, 0.15) is 44.9 Å². The van der Waals surface area contributed by atoms with Crippen molar-refractivity contribution in [1.29, 1.82) is 0 Å². The maximum absolute atomic E-state index is 11.9. The maximum atomic E-state index is 11.9. The van der Waals surface area contributed by atoms with Crippen molar-refractivity contribution in [2.75, 3.05) is 6.54 Å². The number of nitrogens with one attached hydrogen (secondary N) is 2. The molecule has 2 aliphatic rings. The molecule has 1 aliphatic heterocycles. The van der Waals surface area contributed by atoms with Gasteiger partial charge in [0.2, 0.25) is 11.8 Å². The van der Waals surface area contributed by atoms with E-state index in [0.717, 1.165) is 12.8 Å². The molecule has 2 rings (SSSR count). The van der Waals surface area contributed by atoms with Crippen LogP contribution in [0.2, 0.25) is 0 Å². The number of carbonyl (C=O) groups excluding carboxylic acids is 2. The Hall–Kier alpha value is -1.06. The largest absolute Gasteiger partial charge is 0.355 e. The van der Waals surface area contributed by atoms with Gasteiger partial charge in [0, 0.05) is 19.0 Å². The smallest absolute Gasteiger partial charge is 0.225 e. The van der Waals surface area contributed by atoms with Gasteiger partial charge in [0.05, 0.1) is 5.92 Å². The first-order chi connectivity index (χ1) is 7.75. The van der Waals surface area contributed by atoms with Crippen LogP contribution in [0.3, 0.4) is 0 Å². The molecule has 0 aromatic rings. The van der Waals surface area contributed by atoms with E-state index in [4.69, 9.17) is 0 Å². The molecule has 16 heavy (non-hydrogen) atoms. The minimum Gasteiger partial charge on any atom is -0.355 e. The van der Waals surface area contributed by atoms with E-state index < -0.39 is 0 Å². The summed E-state index contributed by atoms with van der Waals surface area (Å²) in [6.45, 7) is 0.511. The topological polar surface area (TPSA) is 58.2 Å². The highest BCUT2D eigenvalue weighted by atomic mass is 16.2. The average molecular weight is 224 g/mol. The van der Waals surface area contributed by atoms with E-state index in [1.807, 2.05) is 0 Å². The Morgan fingerprint density at radius 2 is 1.94 bits per heavy atom. The lowest BCUT2D eigenvalue weighted by atomic mass is 9.93. The molecule has 90 valence electrons. The van der Waals surface area contributed by atoms with Crippen LogP contribution < -0.4 is 10.6 Å². The molecule has 1 saturated heterocycles. The van der Waals surface area contributed by atoms with Crippen molar-refractivity contribution < 1.29 is 9.59 Å². The monoisotopic (exact) mass is 224 g/mol. The lowest BCUT2D eigenvalue weighted by molar-refractivity contribution is -0.129. The van der Waals surface area contributed by atoms with Gasteiger partial charge in [-0.05, 0) is 19.3 Å². The predicted molar refractivity (Wildman–Crippen MR) is 60.7 cm³/mol. The second kappa shape index (κ2) is 5.32. The maximum Gasteiger partial charge on any atom is 0.225 e. The van der Waals surface area contributed by atoms with Gasteiger partial charge in [-0.2, -0.15) is 0 Å². The van der Waals surface area contributed by atoms with Crippen molar-refractivity contribution in [3.8, 4) is 0 Å². The summed E-state index contributed by atoms with van der Waals surface area (Å²) in [5.74, 6) is 0.188. The Bertz CT molecular complexity index is 262. The normalized spacial score (nSPS) is 27.2. The molecular weight excluding hydrogens is 204 g/mol. The van der Waals surface area contributed by atoms with Crippen molar-refractivity contribution in [1.82, 2.24) is 10.6 Å². The SMILES string of the molecule is O=C1CCC(C(=O)NC2CCCCC2)CN1. The van der Waals surface area contributed by atoms with Crippen LogP contribution in [-0.2, 0) is 9.59 Å².